The van der Waals surface area contributed by atoms with Crippen LogP contribution in [0.15, 0.2) is 0 Å². The Kier molecular flexibility index (Phi) is 3.97. The average Bonchev–Trinajstić information content (AvgIpc) is 2.75. The molecule has 0 aromatic carbocycles. The molecule has 1 fully saturated rings. The molecule has 2 aliphatic heterocycles. The molecule has 0 radical (unpaired) electrons. The van der Waals surface area contributed by atoms with Crippen LogP contribution in [0.4, 0.5) is 5.95 Å². The molecule has 0 aliphatic carbocycles. The maximum atomic E-state index is 4.86. The molecule has 0 amide bonds. The highest BCUT2D eigenvalue weighted by Crippen LogP contribution is 2.22. The van der Waals surface area contributed by atoms with Crippen LogP contribution < -0.4 is 10.2 Å². The minimum absolute atomic E-state index is 0.943. The molecule has 2 aliphatic rings. The first-order valence-corrected chi connectivity index (χ1v) is 7.73. The fourth-order valence-corrected chi connectivity index (χ4v) is 3.10. The maximum Gasteiger partial charge on any atom is 0.225 e. The van der Waals surface area contributed by atoms with Gasteiger partial charge in [-0.05, 0) is 19.3 Å². The van der Waals surface area contributed by atoms with Crippen LogP contribution in [0.25, 0.3) is 0 Å². The van der Waals surface area contributed by atoms with Gasteiger partial charge in [-0.2, -0.15) is 0 Å². The summed E-state index contributed by atoms with van der Waals surface area (Å²) < 4.78 is 0. The van der Waals surface area contributed by atoms with Gasteiger partial charge in [0, 0.05) is 38.2 Å². The number of nitrogens with zero attached hydrogens (tertiary/aromatic N) is 3. The zero-order chi connectivity index (χ0) is 13.1. The van der Waals surface area contributed by atoms with E-state index in [1.807, 2.05) is 0 Å². The molecule has 3 heterocycles. The number of aromatic nitrogens is 2. The number of anilines is 1. The third-order valence-electron chi connectivity index (χ3n) is 4.23. The largest absolute Gasteiger partial charge is 0.341 e. The summed E-state index contributed by atoms with van der Waals surface area (Å²) in [4.78, 5) is 12.1. The lowest BCUT2D eigenvalue weighted by Crippen LogP contribution is -2.31. The molecule has 0 spiro atoms. The molecule has 0 bridgehead atoms. The van der Waals surface area contributed by atoms with E-state index < -0.39 is 0 Å². The van der Waals surface area contributed by atoms with Crippen LogP contribution in [0.5, 0.6) is 0 Å². The van der Waals surface area contributed by atoms with Gasteiger partial charge in [0.1, 0.15) is 0 Å². The van der Waals surface area contributed by atoms with Crippen molar-refractivity contribution in [1.82, 2.24) is 15.3 Å². The summed E-state index contributed by atoms with van der Waals surface area (Å²) >= 11 is 0. The molecular formula is C15H24N4. The van der Waals surface area contributed by atoms with Gasteiger partial charge in [-0.1, -0.05) is 19.8 Å². The minimum atomic E-state index is 0.943. The fourth-order valence-electron chi connectivity index (χ4n) is 3.10. The molecule has 0 saturated carbocycles. The van der Waals surface area contributed by atoms with Crippen molar-refractivity contribution >= 4 is 5.95 Å². The molecule has 1 saturated heterocycles. The Morgan fingerprint density at radius 1 is 1.11 bits per heavy atom. The second-order valence-corrected chi connectivity index (χ2v) is 5.58. The summed E-state index contributed by atoms with van der Waals surface area (Å²) in [6, 6.07) is 0. The Labute approximate surface area is 115 Å². The molecule has 0 unspecified atom stereocenters. The Morgan fingerprint density at radius 3 is 2.63 bits per heavy atom. The summed E-state index contributed by atoms with van der Waals surface area (Å²) in [6.45, 7) is 6.44. The van der Waals surface area contributed by atoms with E-state index in [0.29, 0.717) is 0 Å². The normalized spacial score (nSPS) is 19.9. The van der Waals surface area contributed by atoms with Crippen molar-refractivity contribution in [3.8, 4) is 0 Å². The molecule has 4 heteroatoms. The quantitative estimate of drug-likeness (QED) is 0.884. The predicted octanol–water partition coefficient (Wildman–Crippen LogP) is 2.07. The molecule has 4 nitrogen and oxygen atoms in total. The van der Waals surface area contributed by atoms with Crippen molar-refractivity contribution in [3.63, 3.8) is 0 Å². The molecule has 104 valence electrons. The second kappa shape index (κ2) is 5.87. The third-order valence-corrected chi connectivity index (χ3v) is 4.23. The summed E-state index contributed by atoms with van der Waals surface area (Å²) in [6.07, 6.45) is 7.32. The number of hydrogen-bond acceptors (Lipinski definition) is 4. The topological polar surface area (TPSA) is 41.1 Å². The number of aryl methyl sites for hydroxylation is 1. The highest BCUT2D eigenvalue weighted by atomic mass is 15.3. The van der Waals surface area contributed by atoms with Crippen LogP contribution in [-0.2, 0) is 19.4 Å². The molecule has 1 aromatic rings. The van der Waals surface area contributed by atoms with Crippen LogP contribution in [0.2, 0.25) is 0 Å². The zero-order valence-electron chi connectivity index (χ0n) is 11.9. The molecular weight excluding hydrogens is 236 g/mol. The summed E-state index contributed by atoms with van der Waals surface area (Å²) in [5.41, 5.74) is 3.88. The standard InChI is InChI=1S/C15H24N4/c1-2-13-12-11-16-8-7-14(12)18-15(17-13)19-9-5-3-4-6-10-19/h16H,2-11H2,1H3. The van der Waals surface area contributed by atoms with Gasteiger partial charge in [0.15, 0.2) is 0 Å². The SMILES string of the molecule is CCc1nc(N2CCCCCC2)nc2c1CNCC2. The molecule has 3 rings (SSSR count). The number of nitrogens with one attached hydrogen (secondary N) is 1. The smallest absolute Gasteiger partial charge is 0.225 e. The van der Waals surface area contributed by atoms with Crippen molar-refractivity contribution < 1.29 is 0 Å². The Hall–Kier alpha value is -1.16. The van der Waals surface area contributed by atoms with Gasteiger partial charge in [-0.3, -0.25) is 0 Å². The predicted molar refractivity (Wildman–Crippen MR) is 77.5 cm³/mol. The highest BCUT2D eigenvalue weighted by Gasteiger charge is 2.19. The van der Waals surface area contributed by atoms with Crippen LogP contribution in [0.1, 0.15) is 49.6 Å². The van der Waals surface area contributed by atoms with Crippen LogP contribution in [-0.4, -0.2) is 29.6 Å². The number of hydrogen-bond donors (Lipinski definition) is 1. The van der Waals surface area contributed by atoms with Gasteiger partial charge < -0.3 is 10.2 Å². The van der Waals surface area contributed by atoms with E-state index in [1.165, 1.54) is 42.6 Å². The molecule has 1 aromatic heterocycles. The molecule has 1 N–H and O–H groups in total. The van der Waals surface area contributed by atoms with Gasteiger partial charge in [-0.15, -0.1) is 0 Å². The van der Waals surface area contributed by atoms with E-state index in [1.54, 1.807) is 0 Å². The first kappa shape index (κ1) is 12.9. The third kappa shape index (κ3) is 2.73. The first-order valence-electron chi connectivity index (χ1n) is 7.73. The average molecular weight is 260 g/mol. The van der Waals surface area contributed by atoms with Crippen molar-refractivity contribution in [1.29, 1.82) is 0 Å². The highest BCUT2D eigenvalue weighted by molar-refractivity contribution is 5.38. The number of fused-ring (bicyclic) bond motifs is 1. The number of rotatable bonds is 2. The monoisotopic (exact) mass is 260 g/mol. The Morgan fingerprint density at radius 2 is 1.89 bits per heavy atom. The molecule has 19 heavy (non-hydrogen) atoms. The second-order valence-electron chi connectivity index (χ2n) is 5.58. The minimum Gasteiger partial charge on any atom is -0.341 e. The summed E-state index contributed by atoms with van der Waals surface area (Å²) in [5, 5.41) is 3.43. The first-order chi connectivity index (χ1) is 9.38. The van der Waals surface area contributed by atoms with Crippen molar-refractivity contribution in [2.45, 2.75) is 52.0 Å². The lowest BCUT2D eigenvalue weighted by atomic mass is 10.0. The van der Waals surface area contributed by atoms with E-state index in [4.69, 9.17) is 9.97 Å². The lowest BCUT2D eigenvalue weighted by molar-refractivity contribution is 0.613. The van der Waals surface area contributed by atoms with E-state index >= 15 is 0 Å². The van der Waals surface area contributed by atoms with Gasteiger partial charge in [0.2, 0.25) is 5.95 Å². The maximum absolute atomic E-state index is 4.86. The van der Waals surface area contributed by atoms with E-state index in [-0.39, 0.29) is 0 Å². The Balaban J connectivity index is 1.92. The van der Waals surface area contributed by atoms with Crippen molar-refractivity contribution in [2.24, 2.45) is 0 Å². The van der Waals surface area contributed by atoms with Crippen molar-refractivity contribution in [2.75, 3.05) is 24.5 Å². The van der Waals surface area contributed by atoms with Crippen LogP contribution in [0.3, 0.4) is 0 Å². The Bertz CT molecular complexity index is 419. The fraction of sp³-hybridized carbons (Fsp3) is 0.733. The van der Waals surface area contributed by atoms with Crippen LogP contribution in [0, 0.1) is 0 Å². The molecule has 0 atom stereocenters. The zero-order valence-corrected chi connectivity index (χ0v) is 11.9. The van der Waals surface area contributed by atoms with Crippen molar-refractivity contribution in [3.05, 3.63) is 17.0 Å². The van der Waals surface area contributed by atoms with Gasteiger partial charge >= 0.3 is 0 Å². The van der Waals surface area contributed by atoms with E-state index in [9.17, 15) is 0 Å². The lowest BCUT2D eigenvalue weighted by Gasteiger charge is -2.25. The summed E-state index contributed by atoms with van der Waals surface area (Å²) in [7, 11) is 0. The van der Waals surface area contributed by atoms with Gasteiger partial charge in [-0.25, -0.2) is 9.97 Å². The van der Waals surface area contributed by atoms with E-state index in [2.05, 4.69) is 17.1 Å². The van der Waals surface area contributed by atoms with Gasteiger partial charge in [0.25, 0.3) is 0 Å². The van der Waals surface area contributed by atoms with Crippen LogP contribution >= 0.6 is 0 Å². The van der Waals surface area contributed by atoms with Gasteiger partial charge in [0.05, 0.1) is 11.4 Å². The van der Waals surface area contributed by atoms with E-state index in [0.717, 1.165) is 45.0 Å². The summed E-state index contributed by atoms with van der Waals surface area (Å²) in [5.74, 6) is 0.986.